The molecule has 1 fully saturated rings. The largest absolute Gasteiger partial charge is 0.366 e. The maximum atomic E-state index is 6.11. The van der Waals surface area contributed by atoms with Crippen LogP contribution in [0.15, 0.2) is 24.3 Å². The molecular weight excluding hydrogens is 244 g/mol. The van der Waals surface area contributed by atoms with E-state index in [9.17, 15) is 0 Å². The average molecular weight is 267 g/mol. The van der Waals surface area contributed by atoms with Crippen LogP contribution < -0.4 is 10.2 Å². The summed E-state index contributed by atoms with van der Waals surface area (Å²) in [6.45, 7) is 6.67. The topological polar surface area (TPSA) is 15.3 Å². The van der Waals surface area contributed by atoms with E-state index in [1.165, 1.54) is 24.9 Å². The molecule has 0 aromatic heterocycles. The van der Waals surface area contributed by atoms with Crippen LogP contribution in [0.4, 0.5) is 5.69 Å². The van der Waals surface area contributed by atoms with E-state index in [4.69, 9.17) is 11.6 Å². The van der Waals surface area contributed by atoms with Crippen molar-refractivity contribution in [3.05, 3.63) is 29.3 Å². The third-order valence-corrected chi connectivity index (χ3v) is 3.98. The number of anilines is 1. The lowest BCUT2D eigenvalue weighted by Gasteiger charge is -2.42. The van der Waals surface area contributed by atoms with Gasteiger partial charge in [-0.2, -0.15) is 0 Å². The summed E-state index contributed by atoms with van der Waals surface area (Å²) in [5, 5.41) is 4.49. The predicted molar refractivity (Wildman–Crippen MR) is 79.6 cm³/mol. The first-order valence-corrected chi connectivity index (χ1v) is 7.38. The lowest BCUT2D eigenvalue weighted by atomic mass is 10.0. The van der Waals surface area contributed by atoms with Gasteiger partial charge in [0.05, 0.1) is 0 Å². The summed E-state index contributed by atoms with van der Waals surface area (Å²) in [5.41, 5.74) is 1.26. The summed E-state index contributed by atoms with van der Waals surface area (Å²) < 4.78 is 0. The van der Waals surface area contributed by atoms with E-state index < -0.39 is 0 Å². The van der Waals surface area contributed by atoms with Crippen molar-refractivity contribution in [1.29, 1.82) is 0 Å². The number of nitrogens with one attached hydrogen (secondary N) is 1. The minimum Gasteiger partial charge on any atom is -0.366 e. The summed E-state index contributed by atoms with van der Waals surface area (Å²) in [6.07, 6.45) is 3.64. The molecule has 2 rings (SSSR count). The highest BCUT2D eigenvalue weighted by Crippen LogP contribution is 2.25. The molecule has 1 aromatic rings. The summed E-state index contributed by atoms with van der Waals surface area (Å²) >= 11 is 6.11. The van der Waals surface area contributed by atoms with Crippen LogP contribution in [0.5, 0.6) is 0 Å². The standard InChI is InChI=1S/C15H23ClN2/c1-3-6-13-11-18(14(4-2)10-17-13)15-8-5-7-12(16)9-15/h5,7-9,13-14,17H,3-4,6,10-11H2,1-2H3. The van der Waals surface area contributed by atoms with Gasteiger partial charge in [-0.1, -0.05) is 37.9 Å². The Hall–Kier alpha value is -0.730. The highest BCUT2D eigenvalue weighted by Gasteiger charge is 2.26. The summed E-state index contributed by atoms with van der Waals surface area (Å²) in [5.74, 6) is 0. The van der Waals surface area contributed by atoms with Gasteiger partial charge in [-0.3, -0.25) is 0 Å². The maximum absolute atomic E-state index is 6.11. The van der Waals surface area contributed by atoms with Crippen molar-refractivity contribution >= 4 is 17.3 Å². The van der Waals surface area contributed by atoms with Gasteiger partial charge in [0, 0.05) is 35.9 Å². The van der Waals surface area contributed by atoms with Gasteiger partial charge in [0.1, 0.15) is 0 Å². The first-order chi connectivity index (χ1) is 8.74. The first-order valence-electron chi connectivity index (χ1n) is 7.00. The number of rotatable bonds is 4. The van der Waals surface area contributed by atoms with Crippen molar-refractivity contribution in [2.45, 2.75) is 45.2 Å². The Morgan fingerprint density at radius 2 is 2.22 bits per heavy atom. The maximum Gasteiger partial charge on any atom is 0.0426 e. The smallest absolute Gasteiger partial charge is 0.0426 e. The van der Waals surface area contributed by atoms with Crippen LogP contribution in [0.2, 0.25) is 5.02 Å². The lowest BCUT2D eigenvalue weighted by Crippen LogP contribution is -2.56. The van der Waals surface area contributed by atoms with E-state index in [0.717, 1.165) is 18.1 Å². The van der Waals surface area contributed by atoms with Crippen LogP contribution in [-0.2, 0) is 0 Å². The van der Waals surface area contributed by atoms with Crippen molar-refractivity contribution in [2.24, 2.45) is 0 Å². The number of nitrogens with zero attached hydrogens (tertiary/aromatic N) is 1. The molecule has 3 heteroatoms. The Morgan fingerprint density at radius 1 is 1.39 bits per heavy atom. The van der Waals surface area contributed by atoms with Gasteiger partial charge in [-0.15, -0.1) is 0 Å². The van der Waals surface area contributed by atoms with Crippen molar-refractivity contribution in [1.82, 2.24) is 5.32 Å². The zero-order valence-corrected chi connectivity index (χ0v) is 12.1. The van der Waals surface area contributed by atoms with Gasteiger partial charge < -0.3 is 10.2 Å². The second-order valence-electron chi connectivity index (χ2n) is 5.09. The van der Waals surface area contributed by atoms with Gasteiger partial charge in [-0.05, 0) is 31.0 Å². The molecule has 2 nitrogen and oxygen atoms in total. The Morgan fingerprint density at radius 3 is 2.89 bits per heavy atom. The first kappa shape index (κ1) is 13.7. The Bertz CT molecular complexity index is 381. The number of hydrogen-bond donors (Lipinski definition) is 1. The van der Waals surface area contributed by atoms with E-state index in [1.807, 2.05) is 12.1 Å². The van der Waals surface area contributed by atoms with Crippen molar-refractivity contribution < 1.29 is 0 Å². The van der Waals surface area contributed by atoms with Crippen LogP contribution in [0.3, 0.4) is 0 Å². The third-order valence-electron chi connectivity index (χ3n) is 3.75. The number of hydrogen-bond acceptors (Lipinski definition) is 2. The zero-order valence-electron chi connectivity index (χ0n) is 11.3. The van der Waals surface area contributed by atoms with Gasteiger partial charge >= 0.3 is 0 Å². The molecule has 1 aliphatic rings. The van der Waals surface area contributed by atoms with Crippen molar-refractivity contribution in [2.75, 3.05) is 18.0 Å². The van der Waals surface area contributed by atoms with Crippen molar-refractivity contribution in [3.8, 4) is 0 Å². The molecular formula is C15H23ClN2. The second kappa shape index (κ2) is 6.44. The third kappa shape index (κ3) is 3.18. The molecule has 0 bridgehead atoms. The Kier molecular flexibility index (Phi) is 4.90. The Balaban J connectivity index is 2.15. The van der Waals surface area contributed by atoms with E-state index in [1.54, 1.807) is 0 Å². The summed E-state index contributed by atoms with van der Waals surface area (Å²) in [7, 11) is 0. The molecule has 2 unspecified atom stereocenters. The fraction of sp³-hybridized carbons (Fsp3) is 0.600. The highest BCUT2D eigenvalue weighted by molar-refractivity contribution is 6.30. The van der Waals surface area contributed by atoms with E-state index in [0.29, 0.717) is 12.1 Å². The predicted octanol–water partition coefficient (Wildman–Crippen LogP) is 3.70. The molecule has 1 aromatic carbocycles. The quantitative estimate of drug-likeness (QED) is 0.894. The van der Waals surface area contributed by atoms with E-state index >= 15 is 0 Å². The van der Waals surface area contributed by atoms with Gasteiger partial charge in [0.25, 0.3) is 0 Å². The fourth-order valence-electron chi connectivity index (χ4n) is 2.74. The van der Waals surface area contributed by atoms with Crippen LogP contribution >= 0.6 is 11.6 Å². The van der Waals surface area contributed by atoms with Crippen LogP contribution in [-0.4, -0.2) is 25.2 Å². The molecule has 100 valence electrons. The minimum atomic E-state index is 0.580. The molecule has 0 aliphatic carbocycles. The summed E-state index contributed by atoms with van der Waals surface area (Å²) in [4.78, 5) is 2.52. The highest BCUT2D eigenvalue weighted by atomic mass is 35.5. The second-order valence-corrected chi connectivity index (χ2v) is 5.52. The van der Waals surface area contributed by atoms with Crippen LogP contribution in [0.25, 0.3) is 0 Å². The van der Waals surface area contributed by atoms with Crippen LogP contribution in [0, 0.1) is 0 Å². The monoisotopic (exact) mass is 266 g/mol. The molecule has 18 heavy (non-hydrogen) atoms. The molecule has 1 saturated heterocycles. The summed E-state index contributed by atoms with van der Waals surface area (Å²) in [6, 6.07) is 9.42. The molecule has 0 spiro atoms. The molecule has 0 saturated carbocycles. The fourth-order valence-corrected chi connectivity index (χ4v) is 2.93. The molecule has 1 N–H and O–H groups in total. The molecule has 0 amide bonds. The number of benzene rings is 1. The Labute approximate surface area is 115 Å². The zero-order chi connectivity index (χ0) is 13.0. The van der Waals surface area contributed by atoms with Crippen molar-refractivity contribution in [3.63, 3.8) is 0 Å². The average Bonchev–Trinajstić information content (AvgIpc) is 2.39. The van der Waals surface area contributed by atoms with E-state index in [2.05, 4.69) is 36.2 Å². The van der Waals surface area contributed by atoms with Gasteiger partial charge in [0.2, 0.25) is 0 Å². The lowest BCUT2D eigenvalue weighted by molar-refractivity contribution is 0.369. The molecule has 2 atom stereocenters. The number of piperazine rings is 1. The molecule has 1 aliphatic heterocycles. The number of halogens is 1. The SMILES string of the molecule is CCCC1CN(c2cccc(Cl)c2)C(CC)CN1. The van der Waals surface area contributed by atoms with Gasteiger partial charge in [-0.25, -0.2) is 0 Å². The molecule has 1 heterocycles. The van der Waals surface area contributed by atoms with Gasteiger partial charge in [0.15, 0.2) is 0 Å². The minimum absolute atomic E-state index is 0.580. The van der Waals surface area contributed by atoms with Crippen LogP contribution in [0.1, 0.15) is 33.1 Å². The normalized spacial score (nSPS) is 24.3. The molecule has 0 radical (unpaired) electrons. The van der Waals surface area contributed by atoms with E-state index in [-0.39, 0.29) is 0 Å².